The topological polar surface area (TPSA) is 76.1 Å². The standard InChI is InChI=1S/C34H67NO5/c1-4-7-9-11-12-18-25-32(24-17-10-8-5-2)34(38)40-31-22-16-14-20-28-35(27-19-13-15-21-30-36)29-23-26-33(37)39-6-3/h32,36H,4-31H2,1-3H3. The van der Waals surface area contributed by atoms with Gasteiger partial charge in [0.15, 0.2) is 0 Å². The first-order valence-corrected chi connectivity index (χ1v) is 17.2. The minimum atomic E-state index is -0.102. The largest absolute Gasteiger partial charge is 0.466 e. The third kappa shape index (κ3) is 25.8. The van der Waals surface area contributed by atoms with E-state index in [2.05, 4.69) is 18.7 Å². The number of hydrogen-bond donors (Lipinski definition) is 1. The quantitative estimate of drug-likeness (QED) is 0.0665. The molecule has 0 aromatic rings. The predicted molar refractivity (Wildman–Crippen MR) is 168 cm³/mol. The Kier molecular flexibility index (Phi) is 29.9. The summed E-state index contributed by atoms with van der Waals surface area (Å²) in [5.74, 6) is 0.0257. The molecule has 0 aromatic carbocycles. The van der Waals surface area contributed by atoms with Crippen molar-refractivity contribution in [2.24, 2.45) is 5.92 Å². The van der Waals surface area contributed by atoms with E-state index in [4.69, 9.17) is 14.6 Å². The molecule has 6 nitrogen and oxygen atoms in total. The van der Waals surface area contributed by atoms with Crippen LogP contribution in [0.3, 0.4) is 0 Å². The van der Waals surface area contributed by atoms with Gasteiger partial charge in [-0.2, -0.15) is 0 Å². The monoisotopic (exact) mass is 570 g/mol. The summed E-state index contributed by atoms with van der Waals surface area (Å²) in [4.78, 5) is 27.0. The van der Waals surface area contributed by atoms with E-state index in [0.29, 0.717) is 19.6 Å². The number of nitrogens with zero attached hydrogens (tertiary/aromatic N) is 1. The average Bonchev–Trinajstić information content (AvgIpc) is 2.94. The van der Waals surface area contributed by atoms with Crippen molar-refractivity contribution >= 4 is 11.9 Å². The van der Waals surface area contributed by atoms with Crippen molar-refractivity contribution < 1.29 is 24.2 Å². The lowest BCUT2D eigenvalue weighted by molar-refractivity contribution is -0.149. The summed E-state index contributed by atoms with van der Waals surface area (Å²) in [6.07, 6.45) is 24.2. The van der Waals surface area contributed by atoms with Crippen molar-refractivity contribution in [2.75, 3.05) is 39.5 Å². The van der Waals surface area contributed by atoms with Gasteiger partial charge >= 0.3 is 11.9 Å². The van der Waals surface area contributed by atoms with Crippen LogP contribution in [0.25, 0.3) is 0 Å². The molecule has 0 heterocycles. The summed E-state index contributed by atoms with van der Waals surface area (Å²) >= 11 is 0. The highest BCUT2D eigenvalue weighted by atomic mass is 16.5. The first kappa shape index (κ1) is 38.9. The maximum absolute atomic E-state index is 12.8. The normalized spacial score (nSPS) is 12.1. The van der Waals surface area contributed by atoms with Crippen LogP contribution in [0.2, 0.25) is 0 Å². The predicted octanol–water partition coefficient (Wildman–Crippen LogP) is 8.63. The van der Waals surface area contributed by atoms with Gasteiger partial charge in [0, 0.05) is 13.0 Å². The molecule has 0 aliphatic carbocycles. The number of rotatable bonds is 31. The number of unbranched alkanes of at least 4 members (excludes halogenated alkanes) is 14. The number of carbonyl (C=O) groups excluding carboxylic acids is 2. The van der Waals surface area contributed by atoms with Gasteiger partial charge in [0.05, 0.1) is 19.1 Å². The van der Waals surface area contributed by atoms with Crippen LogP contribution in [-0.2, 0) is 19.1 Å². The molecule has 0 fully saturated rings. The summed E-state index contributed by atoms with van der Waals surface area (Å²) in [5.41, 5.74) is 0. The van der Waals surface area contributed by atoms with Gasteiger partial charge in [0.1, 0.15) is 0 Å². The minimum Gasteiger partial charge on any atom is -0.466 e. The van der Waals surface area contributed by atoms with E-state index in [1.54, 1.807) is 0 Å². The van der Waals surface area contributed by atoms with Gasteiger partial charge in [0.25, 0.3) is 0 Å². The average molecular weight is 570 g/mol. The summed E-state index contributed by atoms with van der Waals surface area (Å²) in [6, 6.07) is 0. The molecule has 0 amide bonds. The van der Waals surface area contributed by atoms with E-state index >= 15 is 0 Å². The highest BCUT2D eigenvalue weighted by Gasteiger charge is 2.19. The molecule has 1 atom stereocenters. The number of aliphatic hydroxyl groups excluding tert-OH is 1. The molecule has 1 unspecified atom stereocenters. The zero-order valence-corrected chi connectivity index (χ0v) is 26.9. The maximum atomic E-state index is 12.8. The maximum Gasteiger partial charge on any atom is 0.308 e. The highest BCUT2D eigenvalue weighted by molar-refractivity contribution is 5.72. The second kappa shape index (κ2) is 30.8. The fourth-order valence-corrected chi connectivity index (χ4v) is 5.27. The smallest absolute Gasteiger partial charge is 0.308 e. The zero-order valence-electron chi connectivity index (χ0n) is 26.9. The summed E-state index contributed by atoms with van der Waals surface area (Å²) in [7, 11) is 0. The second-order valence-electron chi connectivity index (χ2n) is 11.6. The third-order valence-electron chi connectivity index (χ3n) is 7.80. The number of esters is 2. The van der Waals surface area contributed by atoms with Gasteiger partial charge in [-0.1, -0.05) is 104 Å². The van der Waals surface area contributed by atoms with Crippen LogP contribution in [0.5, 0.6) is 0 Å². The van der Waals surface area contributed by atoms with Gasteiger partial charge in [-0.3, -0.25) is 9.59 Å². The number of ether oxygens (including phenoxy) is 2. The SMILES string of the molecule is CCCCCCCCC(CCCCCC)C(=O)OCCCCCCN(CCCCCCO)CCCC(=O)OCC. The van der Waals surface area contributed by atoms with Gasteiger partial charge in [-0.25, -0.2) is 0 Å². The van der Waals surface area contributed by atoms with Crippen molar-refractivity contribution in [3.8, 4) is 0 Å². The molecule has 1 N–H and O–H groups in total. The minimum absolute atomic E-state index is 0.0408. The summed E-state index contributed by atoms with van der Waals surface area (Å²) < 4.78 is 10.8. The molecule has 0 aliphatic heterocycles. The van der Waals surface area contributed by atoms with Crippen molar-refractivity contribution in [1.29, 1.82) is 0 Å². The Morgan fingerprint density at radius 1 is 0.600 bits per heavy atom. The molecule has 0 radical (unpaired) electrons. The van der Waals surface area contributed by atoms with Crippen LogP contribution in [0.4, 0.5) is 0 Å². The summed E-state index contributed by atoms with van der Waals surface area (Å²) in [5, 5.41) is 8.99. The fraction of sp³-hybridized carbons (Fsp3) is 0.941. The molecule has 0 saturated carbocycles. The number of aliphatic hydroxyl groups is 1. The van der Waals surface area contributed by atoms with Crippen LogP contribution in [-0.4, -0.2) is 61.4 Å². The fourth-order valence-electron chi connectivity index (χ4n) is 5.27. The Labute approximate surface area is 248 Å². The molecule has 0 spiro atoms. The zero-order chi connectivity index (χ0) is 29.5. The molecule has 0 bridgehead atoms. The van der Waals surface area contributed by atoms with E-state index in [9.17, 15) is 9.59 Å². The van der Waals surface area contributed by atoms with Gasteiger partial charge in [-0.15, -0.1) is 0 Å². The Morgan fingerprint density at radius 3 is 1.70 bits per heavy atom. The number of carbonyl (C=O) groups is 2. The molecule has 0 aliphatic rings. The lowest BCUT2D eigenvalue weighted by Crippen LogP contribution is -2.28. The van der Waals surface area contributed by atoms with Gasteiger partial charge in [0.2, 0.25) is 0 Å². The Balaban J connectivity index is 4.26. The molecule has 238 valence electrons. The molecule has 6 heteroatoms. The molecular weight excluding hydrogens is 502 g/mol. The molecule has 40 heavy (non-hydrogen) atoms. The highest BCUT2D eigenvalue weighted by Crippen LogP contribution is 2.21. The Bertz CT molecular complexity index is 556. The Morgan fingerprint density at radius 2 is 1.10 bits per heavy atom. The lowest BCUT2D eigenvalue weighted by atomic mass is 9.94. The number of hydrogen-bond acceptors (Lipinski definition) is 6. The van der Waals surface area contributed by atoms with Gasteiger partial charge < -0.3 is 19.5 Å². The molecule has 0 aromatic heterocycles. The lowest BCUT2D eigenvalue weighted by Gasteiger charge is -2.22. The Hall–Kier alpha value is -1.14. The molecular formula is C34H67NO5. The van der Waals surface area contributed by atoms with Crippen LogP contribution in [0, 0.1) is 5.92 Å². The third-order valence-corrected chi connectivity index (χ3v) is 7.80. The second-order valence-corrected chi connectivity index (χ2v) is 11.6. The van der Waals surface area contributed by atoms with Crippen LogP contribution < -0.4 is 0 Å². The van der Waals surface area contributed by atoms with Crippen molar-refractivity contribution in [3.63, 3.8) is 0 Å². The van der Waals surface area contributed by atoms with Crippen LogP contribution >= 0.6 is 0 Å². The first-order chi connectivity index (χ1) is 19.6. The van der Waals surface area contributed by atoms with E-state index < -0.39 is 0 Å². The van der Waals surface area contributed by atoms with Crippen molar-refractivity contribution in [2.45, 2.75) is 162 Å². The van der Waals surface area contributed by atoms with Crippen LogP contribution in [0.15, 0.2) is 0 Å². The van der Waals surface area contributed by atoms with Gasteiger partial charge in [-0.05, 0) is 71.5 Å². The van der Waals surface area contributed by atoms with Crippen molar-refractivity contribution in [1.82, 2.24) is 4.90 Å². The molecule has 0 rings (SSSR count). The molecule has 0 saturated heterocycles. The van der Waals surface area contributed by atoms with Crippen LogP contribution in [0.1, 0.15) is 162 Å². The van der Waals surface area contributed by atoms with E-state index in [-0.39, 0.29) is 24.5 Å². The van der Waals surface area contributed by atoms with E-state index in [1.807, 2.05) is 6.92 Å². The van der Waals surface area contributed by atoms with E-state index in [0.717, 1.165) is 103 Å². The van der Waals surface area contributed by atoms with Crippen molar-refractivity contribution in [3.05, 3.63) is 0 Å². The summed E-state index contributed by atoms with van der Waals surface area (Å²) in [6.45, 7) is 10.6. The van der Waals surface area contributed by atoms with E-state index in [1.165, 1.54) is 51.4 Å². The first-order valence-electron chi connectivity index (χ1n) is 17.2.